The molecule has 9 nitrogen and oxygen atoms in total. The maximum absolute atomic E-state index is 15.8. The number of benzene rings is 1. The van der Waals surface area contributed by atoms with Crippen LogP contribution in [0.4, 0.5) is 8.78 Å². The number of halogens is 3. The van der Waals surface area contributed by atoms with Gasteiger partial charge in [-0.1, -0.05) is 38.1 Å². The van der Waals surface area contributed by atoms with E-state index in [2.05, 4.69) is 16.5 Å². The quantitative estimate of drug-likeness (QED) is 0.258. The van der Waals surface area contributed by atoms with E-state index >= 15 is 8.78 Å². The van der Waals surface area contributed by atoms with Gasteiger partial charge in [-0.2, -0.15) is 0 Å². The maximum Gasteiger partial charge on any atom is 0.322 e. The summed E-state index contributed by atoms with van der Waals surface area (Å²) in [6.07, 6.45) is 2.65. The zero-order valence-electron chi connectivity index (χ0n) is 23.4. The van der Waals surface area contributed by atoms with Gasteiger partial charge in [-0.3, -0.25) is 28.5 Å². The van der Waals surface area contributed by atoms with E-state index < -0.39 is 40.8 Å². The Balaban J connectivity index is 1.86. The first-order chi connectivity index (χ1) is 19.8. The summed E-state index contributed by atoms with van der Waals surface area (Å²) < 4.78 is 32.9. The number of fused-ring (bicyclic) bond motifs is 1. The summed E-state index contributed by atoms with van der Waals surface area (Å²) in [5.41, 5.74) is -2.88. The summed E-state index contributed by atoms with van der Waals surface area (Å²) in [5.74, 6) is -1.83. The molecule has 3 aromatic heterocycles. The Hall–Kier alpha value is -4.38. The normalized spacial score (nSPS) is 14.3. The third kappa shape index (κ3) is 4.67. The smallest absolute Gasteiger partial charge is 0.322 e. The lowest BCUT2D eigenvalue weighted by molar-refractivity contribution is -0.141. The Labute approximate surface area is 244 Å². The maximum atomic E-state index is 15.8. The Kier molecular flexibility index (Phi) is 7.26. The van der Waals surface area contributed by atoms with Crippen LogP contribution < -0.4 is 11.1 Å². The topological polar surface area (TPSA) is 110 Å². The summed E-state index contributed by atoms with van der Waals surface area (Å²) in [7, 11) is 0. The van der Waals surface area contributed by atoms with E-state index in [1.54, 1.807) is 26.1 Å². The molecule has 1 fully saturated rings. The third-order valence-electron chi connectivity index (χ3n) is 7.44. The second-order valence-corrected chi connectivity index (χ2v) is 11.3. The van der Waals surface area contributed by atoms with Gasteiger partial charge in [-0.15, -0.1) is 0 Å². The van der Waals surface area contributed by atoms with Gasteiger partial charge in [0.2, 0.25) is 5.91 Å². The fourth-order valence-electron chi connectivity index (χ4n) is 5.28. The third-order valence-corrected chi connectivity index (χ3v) is 7.73. The summed E-state index contributed by atoms with van der Waals surface area (Å²) in [5, 5.41) is 10.6. The Bertz CT molecular complexity index is 1910. The van der Waals surface area contributed by atoms with Gasteiger partial charge in [0.15, 0.2) is 11.3 Å². The van der Waals surface area contributed by atoms with Gasteiger partial charge < -0.3 is 10.0 Å². The van der Waals surface area contributed by atoms with Crippen molar-refractivity contribution in [2.24, 2.45) is 0 Å². The first-order valence-electron chi connectivity index (χ1n) is 13.2. The Morgan fingerprint density at radius 3 is 2.52 bits per heavy atom. The van der Waals surface area contributed by atoms with Crippen molar-refractivity contribution in [2.75, 3.05) is 13.1 Å². The molecular formula is C30H28ClF2N5O4. The first kappa shape index (κ1) is 29.1. The highest BCUT2D eigenvalue weighted by molar-refractivity contribution is 6.33. The van der Waals surface area contributed by atoms with Crippen molar-refractivity contribution in [3.63, 3.8) is 0 Å². The first-order valence-corrected chi connectivity index (χ1v) is 13.6. The van der Waals surface area contributed by atoms with Crippen molar-refractivity contribution < 1.29 is 18.7 Å². The number of carbonyl (C=O) groups is 1. The average Bonchev–Trinajstić information content (AvgIpc) is 2.93. The van der Waals surface area contributed by atoms with Crippen LogP contribution in [0.25, 0.3) is 28.1 Å². The van der Waals surface area contributed by atoms with E-state index in [9.17, 15) is 19.5 Å². The van der Waals surface area contributed by atoms with Crippen LogP contribution in [0, 0.1) is 19.7 Å². The van der Waals surface area contributed by atoms with E-state index in [1.165, 1.54) is 17.0 Å². The van der Waals surface area contributed by atoms with Crippen LogP contribution in [0.15, 0.2) is 52.7 Å². The molecule has 1 N–H and O–H groups in total. The van der Waals surface area contributed by atoms with E-state index in [4.69, 9.17) is 11.6 Å². The van der Waals surface area contributed by atoms with Crippen molar-refractivity contribution in [2.45, 2.75) is 45.8 Å². The summed E-state index contributed by atoms with van der Waals surface area (Å²) in [4.78, 5) is 49.7. The number of phenols is 1. The summed E-state index contributed by atoms with van der Waals surface area (Å²) >= 11 is 6.60. The minimum Gasteiger partial charge on any atom is -0.507 e. The molecule has 0 radical (unpaired) electrons. The molecule has 12 heteroatoms. The number of hydrogen-bond acceptors (Lipinski definition) is 6. The van der Waals surface area contributed by atoms with E-state index in [1.807, 2.05) is 13.8 Å². The molecule has 0 unspecified atom stereocenters. The Morgan fingerprint density at radius 1 is 1.19 bits per heavy atom. The van der Waals surface area contributed by atoms with Gasteiger partial charge in [-0.25, -0.2) is 13.8 Å². The molecule has 0 spiro atoms. The number of amides is 1. The number of alkyl halides is 1. The number of aryl methyl sites for hydroxylation is 2. The number of nitrogens with zero attached hydrogens (tertiary/aromatic N) is 5. The number of hydrogen-bond donors (Lipinski definition) is 1. The van der Waals surface area contributed by atoms with Crippen LogP contribution in [0.2, 0.25) is 5.02 Å². The van der Waals surface area contributed by atoms with Gasteiger partial charge in [0.25, 0.3) is 0 Å². The molecule has 0 atom stereocenters. The predicted molar refractivity (Wildman–Crippen MR) is 156 cm³/mol. The highest BCUT2D eigenvalue weighted by atomic mass is 35.5. The predicted octanol–water partition coefficient (Wildman–Crippen LogP) is 4.58. The number of rotatable bonds is 6. The van der Waals surface area contributed by atoms with Crippen molar-refractivity contribution in [3.05, 3.63) is 91.5 Å². The van der Waals surface area contributed by atoms with E-state index in [0.29, 0.717) is 22.5 Å². The van der Waals surface area contributed by atoms with Gasteiger partial charge in [0.1, 0.15) is 11.6 Å². The highest BCUT2D eigenvalue weighted by Gasteiger charge is 2.46. The molecule has 4 aromatic rings. The van der Waals surface area contributed by atoms with Gasteiger partial charge in [0, 0.05) is 6.20 Å². The molecule has 218 valence electrons. The lowest BCUT2D eigenvalue weighted by Crippen LogP contribution is -2.63. The molecule has 1 aliphatic rings. The van der Waals surface area contributed by atoms with Crippen LogP contribution in [0.3, 0.4) is 0 Å². The van der Waals surface area contributed by atoms with E-state index in [0.717, 1.165) is 21.3 Å². The van der Waals surface area contributed by atoms with Crippen molar-refractivity contribution in [1.82, 2.24) is 24.0 Å². The monoisotopic (exact) mass is 595 g/mol. The van der Waals surface area contributed by atoms with Gasteiger partial charge in [0.05, 0.1) is 52.8 Å². The molecule has 5 rings (SSSR count). The molecule has 1 aromatic carbocycles. The molecule has 1 amide bonds. The van der Waals surface area contributed by atoms with E-state index in [-0.39, 0.29) is 46.5 Å². The Morgan fingerprint density at radius 2 is 1.88 bits per heavy atom. The molecule has 1 aliphatic heterocycles. The fraction of sp³-hybridized carbons (Fsp3) is 0.300. The minimum absolute atomic E-state index is 0.00406. The standard InChI is InChI=1S/C30H28ClF2N5O4/c1-6-21(39)36-12-30(33,13-36)14-37-20-11-18(31)24(22-19(32)8-7-17(5)26(22)40)35-27(20)38(29(42)28(37)41)25-16(4)9-10-34-23(25)15(2)3/h6-11,15,40H,1,12-14H2,2-5H3. The highest BCUT2D eigenvalue weighted by Crippen LogP contribution is 2.39. The van der Waals surface area contributed by atoms with Crippen LogP contribution in [0.5, 0.6) is 5.75 Å². The average molecular weight is 596 g/mol. The number of pyridine rings is 2. The van der Waals surface area contributed by atoms with Crippen molar-refractivity contribution in [3.8, 4) is 22.7 Å². The van der Waals surface area contributed by atoms with Gasteiger partial charge in [-0.05, 0) is 55.2 Å². The zero-order chi connectivity index (χ0) is 30.7. The number of aromatic hydroxyl groups is 1. The van der Waals surface area contributed by atoms with Gasteiger partial charge >= 0.3 is 11.1 Å². The molecule has 0 saturated carbocycles. The largest absolute Gasteiger partial charge is 0.507 e. The SMILES string of the molecule is C=CC(=O)N1CC(F)(Cn2c(=O)c(=O)n(-c3c(C)ccnc3C(C)C)c3nc(-c4c(F)ccc(C)c4O)c(Cl)cc32)C1. The fourth-order valence-corrected chi connectivity index (χ4v) is 5.52. The molecule has 0 aliphatic carbocycles. The van der Waals surface area contributed by atoms with Crippen LogP contribution >= 0.6 is 11.6 Å². The summed E-state index contributed by atoms with van der Waals surface area (Å²) in [6.45, 7) is 9.28. The van der Waals surface area contributed by atoms with Crippen molar-refractivity contribution in [1.29, 1.82) is 0 Å². The number of phenolic OH excluding ortho intramolecular Hbond substituents is 1. The van der Waals surface area contributed by atoms with Crippen LogP contribution in [-0.2, 0) is 11.3 Å². The second-order valence-electron chi connectivity index (χ2n) is 10.8. The second kappa shape index (κ2) is 10.5. The van der Waals surface area contributed by atoms with Crippen LogP contribution in [0.1, 0.15) is 36.6 Å². The molecule has 42 heavy (non-hydrogen) atoms. The lowest BCUT2D eigenvalue weighted by atomic mass is 9.95. The number of aromatic nitrogens is 4. The number of carbonyl (C=O) groups excluding carboxylic acids is 1. The zero-order valence-corrected chi connectivity index (χ0v) is 24.2. The molecule has 1 saturated heterocycles. The lowest BCUT2D eigenvalue weighted by Gasteiger charge is -2.44. The number of likely N-dealkylation sites (tertiary alicyclic amines) is 1. The van der Waals surface area contributed by atoms with Crippen molar-refractivity contribution >= 4 is 28.7 Å². The molecule has 0 bridgehead atoms. The molecular weight excluding hydrogens is 568 g/mol. The van der Waals surface area contributed by atoms with Crippen LogP contribution in [-0.4, -0.2) is 53.8 Å². The summed E-state index contributed by atoms with van der Waals surface area (Å²) in [6, 6.07) is 5.52. The molecule has 4 heterocycles. The minimum atomic E-state index is -2.02.